The van der Waals surface area contributed by atoms with Gasteiger partial charge in [-0.25, -0.2) is 13.4 Å². The lowest BCUT2D eigenvalue weighted by molar-refractivity contribution is -0.122. The van der Waals surface area contributed by atoms with Gasteiger partial charge in [-0.1, -0.05) is 44.2 Å². The molecule has 2 heterocycles. The van der Waals surface area contributed by atoms with Gasteiger partial charge < -0.3 is 14.6 Å². The van der Waals surface area contributed by atoms with Gasteiger partial charge in [-0.3, -0.25) is 4.79 Å². The standard InChI is InChI=1S/C25H32N4O4S/c1-18(2)25(19-7-5-4-6-8-19)27-24(30)12-11-23-26-21-17-20(9-10-22(21)28(23)3)34(31,32)29-13-15-33-16-14-29/h4-10,17-18,25H,11-16H2,1-3H3,(H,27,30)/t25-/m1/s1. The van der Waals surface area contributed by atoms with Crippen LogP contribution in [0, 0.1) is 5.92 Å². The second-order valence-corrected chi connectivity index (χ2v) is 10.9. The Labute approximate surface area is 201 Å². The third kappa shape index (κ3) is 5.16. The predicted octanol–water partition coefficient (Wildman–Crippen LogP) is 3.04. The quantitative estimate of drug-likeness (QED) is 0.531. The van der Waals surface area contributed by atoms with Crippen molar-refractivity contribution in [2.24, 2.45) is 13.0 Å². The van der Waals surface area contributed by atoms with Crippen LogP contribution in [0.1, 0.15) is 37.7 Å². The molecule has 4 rings (SSSR count). The molecule has 3 aromatic rings. The van der Waals surface area contributed by atoms with Gasteiger partial charge >= 0.3 is 0 Å². The molecule has 182 valence electrons. The van der Waals surface area contributed by atoms with Gasteiger partial charge in [-0.15, -0.1) is 0 Å². The Kier molecular flexibility index (Phi) is 7.35. The summed E-state index contributed by atoms with van der Waals surface area (Å²) in [4.78, 5) is 17.6. The zero-order valence-corrected chi connectivity index (χ0v) is 20.7. The Balaban J connectivity index is 1.47. The smallest absolute Gasteiger partial charge is 0.243 e. The number of fused-ring (bicyclic) bond motifs is 1. The number of benzene rings is 2. The molecule has 1 aliphatic heterocycles. The number of aromatic nitrogens is 2. The second-order valence-electron chi connectivity index (χ2n) is 8.95. The molecule has 1 aromatic heterocycles. The highest BCUT2D eigenvalue weighted by Gasteiger charge is 2.27. The number of imidazole rings is 1. The van der Waals surface area contributed by atoms with Crippen molar-refractivity contribution in [3.63, 3.8) is 0 Å². The van der Waals surface area contributed by atoms with E-state index in [0.29, 0.717) is 44.7 Å². The molecule has 0 unspecified atom stereocenters. The number of rotatable bonds is 8. The first kappa shape index (κ1) is 24.4. The van der Waals surface area contributed by atoms with E-state index in [0.717, 1.165) is 16.9 Å². The van der Waals surface area contributed by atoms with Gasteiger partial charge in [0.05, 0.1) is 35.2 Å². The summed E-state index contributed by atoms with van der Waals surface area (Å²) in [6, 6.07) is 14.9. The predicted molar refractivity (Wildman–Crippen MR) is 131 cm³/mol. The first-order valence-electron chi connectivity index (χ1n) is 11.6. The Bertz CT molecular complexity index is 1250. The van der Waals surface area contributed by atoms with Crippen molar-refractivity contribution in [3.05, 3.63) is 59.9 Å². The van der Waals surface area contributed by atoms with Crippen LogP contribution >= 0.6 is 0 Å². The van der Waals surface area contributed by atoms with Crippen LogP contribution in [0.3, 0.4) is 0 Å². The molecule has 1 saturated heterocycles. The van der Waals surface area contributed by atoms with Crippen LogP contribution in [0.25, 0.3) is 11.0 Å². The topological polar surface area (TPSA) is 93.5 Å². The fourth-order valence-electron chi connectivity index (χ4n) is 4.32. The van der Waals surface area contributed by atoms with Crippen molar-refractivity contribution >= 4 is 27.0 Å². The molecule has 1 fully saturated rings. The number of ether oxygens (including phenoxy) is 1. The Morgan fingerprint density at radius 3 is 2.50 bits per heavy atom. The van der Waals surface area contributed by atoms with Crippen LogP contribution in [-0.4, -0.2) is 54.5 Å². The molecule has 8 nitrogen and oxygen atoms in total. The molecule has 34 heavy (non-hydrogen) atoms. The number of morpholine rings is 1. The normalized spacial score (nSPS) is 16.1. The molecular formula is C25H32N4O4S. The fraction of sp³-hybridized carbons (Fsp3) is 0.440. The molecule has 9 heteroatoms. The summed E-state index contributed by atoms with van der Waals surface area (Å²) in [5, 5.41) is 3.15. The summed E-state index contributed by atoms with van der Waals surface area (Å²) in [6.45, 7) is 5.68. The number of sulfonamides is 1. The van der Waals surface area contributed by atoms with E-state index in [2.05, 4.69) is 24.1 Å². The van der Waals surface area contributed by atoms with Crippen molar-refractivity contribution in [2.45, 2.75) is 37.6 Å². The monoisotopic (exact) mass is 484 g/mol. The van der Waals surface area contributed by atoms with Crippen LogP contribution < -0.4 is 5.32 Å². The number of nitrogens with one attached hydrogen (secondary N) is 1. The minimum Gasteiger partial charge on any atom is -0.379 e. The molecule has 0 saturated carbocycles. The van der Waals surface area contributed by atoms with Crippen LogP contribution in [0.2, 0.25) is 0 Å². The average Bonchev–Trinajstić information content (AvgIpc) is 3.17. The first-order valence-corrected chi connectivity index (χ1v) is 13.1. The summed E-state index contributed by atoms with van der Waals surface area (Å²) >= 11 is 0. The number of hydrogen-bond acceptors (Lipinski definition) is 5. The number of carbonyl (C=O) groups excluding carboxylic acids is 1. The van der Waals surface area contributed by atoms with Gasteiger partial charge in [0.1, 0.15) is 5.82 Å². The Morgan fingerprint density at radius 1 is 1.12 bits per heavy atom. The highest BCUT2D eigenvalue weighted by molar-refractivity contribution is 7.89. The van der Waals surface area contributed by atoms with Gasteiger partial charge in [-0.05, 0) is 29.7 Å². The van der Waals surface area contributed by atoms with Gasteiger partial charge in [0.2, 0.25) is 15.9 Å². The van der Waals surface area contributed by atoms with Crippen LogP contribution in [0.4, 0.5) is 0 Å². The zero-order chi connectivity index (χ0) is 24.3. The van der Waals surface area contributed by atoms with Crippen molar-refractivity contribution in [1.82, 2.24) is 19.2 Å². The number of amides is 1. The van der Waals surface area contributed by atoms with Crippen molar-refractivity contribution < 1.29 is 17.9 Å². The van der Waals surface area contributed by atoms with Crippen LogP contribution in [-0.2, 0) is 33.0 Å². The molecule has 1 aliphatic rings. The maximum Gasteiger partial charge on any atom is 0.243 e. The lowest BCUT2D eigenvalue weighted by atomic mass is 9.96. The molecule has 0 spiro atoms. The molecule has 0 bridgehead atoms. The van der Waals surface area contributed by atoms with E-state index >= 15 is 0 Å². The van der Waals surface area contributed by atoms with Crippen LogP contribution in [0.5, 0.6) is 0 Å². The summed E-state index contributed by atoms with van der Waals surface area (Å²) < 4.78 is 34.6. The van der Waals surface area contributed by atoms with Crippen LogP contribution in [0.15, 0.2) is 53.4 Å². The molecule has 0 radical (unpaired) electrons. The number of aryl methyl sites for hydroxylation is 2. The minimum atomic E-state index is -3.59. The third-order valence-electron chi connectivity index (χ3n) is 6.27. The molecule has 0 aliphatic carbocycles. The second kappa shape index (κ2) is 10.2. The summed E-state index contributed by atoms with van der Waals surface area (Å²) in [5.74, 6) is 0.964. The van der Waals surface area contributed by atoms with Crippen molar-refractivity contribution in [3.8, 4) is 0 Å². The number of nitrogens with zero attached hydrogens (tertiary/aromatic N) is 3. The van der Waals surface area contributed by atoms with Gasteiger partial charge in [0, 0.05) is 33.0 Å². The molecule has 2 aromatic carbocycles. The molecule has 1 N–H and O–H groups in total. The summed E-state index contributed by atoms with van der Waals surface area (Å²) in [5.41, 5.74) is 2.53. The maximum absolute atomic E-state index is 13.0. The lowest BCUT2D eigenvalue weighted by Crippen LogP contribution is -2.40. The SMILES string of the molecule is CC(C)[C@@H](NC(=O)CCc1nc2cc(S(=O)(=O)N3CCOCC3)ccc2n1C)c1ccccc1. The number of carbonyl (C=O) groups is 1. The minimum absolute atomic E-state index is 0.0369. The summed E-state index contributed by atoms with van der Waals surface area (Å²) in [6.07, 6.45) is 0.758. The first-order chi connectivity index (χ1) is 16.3. The molecular weight excluding hydrogens is 452 g/mol. The number of hydrogen-bond donors (Lipinski definition) is 1. The Morgan fingerprint density at radius 2 is 1.82 bits per heavy atom. The Hall–Kier alpha value is -2.75. The van der Waals surface area contributed by atoms with Crippen molar-refractivity contribution in [2.75, 3.05) is 26.3 Å². The van der Waals surface area contributed by atoms with E-state index in [1.807, 2.05) is 41.9 Å². The van der Waals surface area contributed by atoms with Gasteiger partial charge in [0.25, 0.3) is 0 Å². The fourth-order valence-corrected chi connectivity index (χ4v) is 5.74. The van der Waals surface area contributed by atoms with Crippen molar-refractivity contribution in [1.29, 1.82) is 0 Å². The van der Waals surface area contributed by atoms with Gasteiger partial charge in [-0.2, -0.15) is 4.31 Å². The van der Waals surface area contributed by atoms with E-state index < -0.39 is 10.0 Å². The zero-order valence-electron chi connectivity index (χ0n) is 19.9. The van der Waals surface area contributed by atoms with E-state index in [4.69, 9.17) is 4.74 Å². The summed E-state index contributed by atoms with van der Waals surface area (Å²) in [7, 11) is -1.70. The molecule has 1 atom stereocenters. The van der Waals surface area contributed by atoms with E-state index in [1.165, 1.54) is 4.31 Å². The lowest BCUT2D eigenvalue weighted by Gasteiger charge is -2.26. The van der Waals surface area contributed by atoms with Gasteiger partial charge in [0.15, 0.2) is 0 Å². The maximum atomic E-state index is 13.0. The molecule has 1 amide bonds. The highest BCUT2D eigenvalue weighted by Crippen LogP contribution is 2.24. The third-order valence-corrected chi connectivity index (χ3v) is 8.16. The van der Waals surface area contributed by atoms with E-state index in [-0.39, 0.29) is 22.8 Å². The van der Waals surface area contributed by atoms with E-state index in [1.54, 1.807) is 18.2 Å². The highest BCUT2D eigenvalue weighted by atomic mass is 32.2. The average molecular weight is 485 g/mol. The van der Waals surface area contributed by atoms with E-state index in [9.17, 15) is 13.2 Å². The largest absolute Gasteiger partial charge is 0.379 e.